The predicted molar refractivity (Wildman–Crippen MR) is 127 cm³/mol. The average molecular weight is 501 g/mol. The fourth-order valence-corrected chi connectivity index (χ4v) is 4.99. The minimum atomic E-state index is -4.48. The smallest absolute Gasteiger partial charge is 0.393 e. The molecule has 1 amide bonds. The fraction of sp³-hybridized carbons (Fsp3) is 0.423. The number of hydrogen-bond acceptors (Lipinski definition) is 6. The van der Waals surface area contributed by atoms with Crippen LogP contribution in [0.15, 0.2) is 36.5 Å². The zero-order valence-corrected chi connectivity index (χ0v) is 19.8. The van der Waals surface area contributed by atoms with Crippen LogP contribution in [0.2, 0.25) is 0 Å². The minimum absolute atomic E-state index is 0.0719. The summed E-state index contributed by atoms with van der Waals surface area (Å²) in [5, 5.41) is 10.4. The molecule has 5 rings (SSSR count). The monoisotopic (exact) mass is 500 g/mol. The van der Waals surface area contributed by atoms with E-state index in [1.54, 1.807) is 23.1 Å². The van der Waals surface area contributed by atoms with Crippen LogP contribution in [0.5, 0.6) is 0 Å². The second kappa shape index (κ2) is 9.33. The number of aliphatic hydroxyl groups excluding tert-OH is 1. The van der Waals surface area contributed by atoms with Crippen molar-refractivity contribution < 1.29 is 27.8 Å². The Kier molecular flexibility index (Phi) is 6.34. The zero-order chi connectivity index (χ0) is 25.6. The number of alkyl halides is 3. The molecule has 2 aromatic heterocycles. The summed E-state index contributed by atoms with van der Waals surface area (Å²) in [5.74, 6) is 0.469. The van der Waals surface area contributed by atoms with Gasteiger partial charge < -0.3 is 20.5 Å². The molecular formula is C26H27F3N4O3. The van der Waals surface area contributed by atoms with Crippen LogP contribution in [-0.4, -0.2) is 38.5 Å². The Labute approximate surface area is 206 Å². The molecule has 36 heavy (non-hydrogen) atoms. The third kappa shape index (κ3) is 4.75. The van der Waals surface area contributed by atoms with Crippen molar-refractivity contribution in [1.82, 2.24) is 14.9 Å². The van der Waals surface area contributed by atoms with Crippen molar-refractivity contribution in [1.29, 1.82) is 0 Å². The van der Waals surface area contributed by atoms with E-state index < -0.39 is 11.7 Å². The Balaban J connectivity index is 1.43. The maximum Gasteiger partial charge on any atom is 0.417 e. The highest BCUT2D eigenvalue weighted by atomic mass is 19.4. The van der Waals surface area contributed by atoms with Crippen LogP contribution in [0.3, 0.4) is 0 Å². The molecule has 0 radical (unpaired) electrons. The number of rotatable bonds is 6. The first-order chi connectivity index (χ1) is 17.1. The number of anilines is 1. The molecule has 1 fully saturated rings. The summed E-state index contributed by atoms with van der Waals surface area (Å²) in [6, 6.07) is 7.49. The van der Waals surface area contributed by atoms with E-state index in [1.165, 1.54) is 6.07 Å². The maximum atomic E-state index is 13.6. The zero-order valence-electron chi connectivity index (χ0n) is 19.8. The number of halogens is 3. The molecule has 0 saturated heterocycles. The van der Waals surface area contributed by atoms with Gasteiger partial charge in [-0.3, -0.25) is 9.78 Å². The van der Waals surface area contributed by atoms with Crippen LogP contribution in [0.1, 0.15) is 65.0 Å². The predicted octanol–water partition coefficient (Wildman–Crippen LogP) is 4.63. The van der Waals surface area contributed by atoms with Crippen LogP contribution < -0.4 is 5.73 Å². The van der Waals surface area contributed by atoms with Crippen molar-refractivity contribution in [3.05, 3.63) is 64.5 Å². The molecule has 1 aliphatic heterocycles. The van der Waals surface area contributed by atoms with E-state index in [2.05, 4.69) is 9.97 Å². The summed E-state index contributed by atoms with van der Waals surface area (Å²) in [5.41, 5.74) is 8.52. The van der Waals surface area contributed by atoms with E-state index in [0.717, 1.165) is 28.8 Å². The highest BCUT2D eigenvalue weighted by molar-refractivity contribution is 5.99. The Morgan fingerprint density at radius 2 is 2.03 bits per heavy atom. The highest BCUT2D eigenvalue weighted by Gasteiger charge is 2.32. The molecule has 7 nitrogen and oxygen atoms in total. The number of aliphatic hydroxyl groups is 1. The lowest BCUT2D eigenvalue weighted by molar-refractivity contribution is -0.137. The van der Waals surface area contributed by atoms with Gasteiger partial charge in [0.25, 0.3) is 5.91 Å². The van der Waals surface area contributed by atoms with Gasteiger partial charge >= 0.3 is 6.18 Å². The largest absolute Gasteiger partial charge is 0.417 e. The lowest BCUT2D eigenvalue weighted by atomic mass is 9.80. The third-order valence-corrected chi connectivity index (χ3v) is 7.11. The van der Waals surface area contributed by atoms with Crippen molar-refractivity contribution >= 4 is 22.6 Å². The van der Waals surface area contributed by atoms with Gasteiger partial charge in [-0.2, -0.15) is 13.2 Å². The molecule has 1 saturated carbocycles. The molecule has 0 spiro atoms. The van der Waals surface area contributed by atoms with E-state index in [4.69, 9.17) is 10.5 Å². The van der Waals surface area contributed by atoms with Gasteiger partial charge in [-0.05, 0) is 68.0 Å². The normalized spacial score (nSPS) is 21.3. The first-order valence-corrected chi connectivity index (χ1v) is 11.9. The average Bonchev–Trinajstić information content (AvgIpc) is 3.22. The van der Waals surface area contributed by atoms with E-state index in [0.29, 0.717) is 60.9 Å². The molecule has 10 heteroatoms. The Bertz CT molecular complexity index is 1290. The Morgan fingerprint density at radius 3 is 2.69 bits per heavy atom. The highest BCUT2D eigenvalue weighted by Crippen LogP contribution is 2.38. The van der Waals surface area contributed by atoms with Gasteiger partial charge in [0.1, 0.15) is 5.82 Å². The van der Waals surface area contributed by atoms with Crippen molar-refractivity contribution in [2.75, 3.05) is 12.3 Å². The standard InChI is InChI=1S/C26H27F3N4O3/c1-14-23-21(13-36-14)20-10-16(2-5-22(20)32-24(23)30)25(35)33(7-6-15-8-19(34)9-15)12-18-4-3-17(11-31-18)26(27,28)29/h2-5,10-11,14-15,19,34H,6-9,12-13H2,1H3,(H2,30,32)/t14-,15-,19-/m0/s1. The number of amides is 1. The van der Waals surface area contributed by atoms with Crippen LogP contribution in [-0.2, 0) is 24.1 Å². The summed E-state index contributed by atoms with van der Waals surface area (Å²) in [6.45, 7) is 2.75. The molecule has 2 aliphatic rings. The molecule has 1 aliphatic carbocycles. The van der Waals surface area contributed by atoms with Gasteiger partial charge in [0, 0.05) is 29.3 Å². The molecule has 1 atom stereocenters. The van der Waals surface area contributed by atoms with Crippen LogP contribution in [0.25, 0.3) is 10.9 Å². The second-order valence-electron chi connectivity index (χ2n) is 9.62. The van der Waals surface area contributed by atoms with Gasteiger partial charge in [-0.25, -0.2) is 4.98 Å². The number of pyridine rings is 2. The molecule has 0 unspecified atom stereocenters. The molecule has 3 heterocycles. The second-order valence-corrected chi connectivity index (χ2v) is 9.62. The van der Waals surface area contributed by atoms with Crippen molar-refractivity contribution in [2.24, 2.45) is 5.92 Å². The third-order valence-electron chi connectivity index (χ3n) is 7.11. The van der Waals surface area contributed by atoms with Gasteiger partial charge in [0.05, 0.1) is 42.1 Å². The quantitative estimate of drug-likeness (QED) is 0.512. The number of aromatic nitrogens is 2. The number of ether oxygens (including phenoxy) is 1. The summed E-state index contributed by atoms with van der Waals surface area (Å²) in [6.07, 6.45) is -2.11. The fourth-order valence-electron chi connectivity index (χ4n) is 4.99. The summed E-state index contributed by atoms with van der Waals surface area (Å²) >= 11 is 0. The number of nitrogen functional groups attached to an aromatic ring is 1. The molecule has 0 bridgehead atoms. The number of nitrogens with two attached hydrogens (primary N) is 1. The number of carbonyl (C=O) groups excluding carboxylic acids is 1. The van der Waals surface area contributed by atoms with Gasteiger partial charge in [-0.1, -0.05) is 0 Å². The molecular weight excluding hydrogens is 473 g/mol. The van der Waals surface area contributed by atoms with E-state index in [9.17, 15) is 23.1 Å². The van der Waals surface area contributed by atoms with Crippen molar-refractivity contribution in [3.8, 4) is 0 Å². The van der Waals surface area contributed by atoms with E-state index in [1.807, 2.05) is 6.92 Å². The number of nitrogens with zero attached hydrogens (tertiary/aromatic N) is 3. The SMILES string of the molecule is C[C@@H]1OCc2c1c(N)nc1ccc(C(=O)N(CC[C@H]3C[C@H](O)C3)Cc3ccc(C(F)(F)F)cn3)cc21. The minimum Gasteiger partial charge on any atom is -0.393 e. The Morgan fingerprint density at radius 1 is 1.25 bits per heavy atom. The van der Waals surface area contributed by atoms with E-state index in [-0.39, 0.29) is 24.7 Å². The van der Waals surface area contributed by atoms with Gasteiger partial charge in [0.2, 0.25) is 0 Å². The van der Waals surface area contributed by atoms with Crippen molar-refractivity contribution in [3.63, 3.8) is 0 Å². The first kappa shape index (κ1) is 24.5. The van der Waals surface area contributed by atoms with E-state index >= 15 is 0 Å². The van der Waals surface area contributed by atoms with Gasteiger partial charge in [0.15, 0.2) is 0 Å². The molecule has 3 N–H and O–H groups in total. The van der Waals surface area contributed by atoms with Crippen LogP contribution >= 0.6 is 0 Å². The molecule has 1 aromatic carbocycles. The first-order valence-electron chi connectivity index (χ1n) is 11.9. The van der Waals surface area contributed by atoms with Crippen LogP contribution in [0, 0.1) is 5.92 Å². The summed E-state index contributed by atoms with van der Waals surface area (Å²) in [4.78, 5) is 23.7. The maximum absolute atomic E-state index is 13.6. The van der Waals surface area contributed by atoms with Crippen LogP contribution in [0.4, 0.5) is 19.0 Å². The molecule has 3 aromatic rings. The number of benzene rings is 1. The van der Waals surface area contributed by atoms with Gasteiger partial charge in [-0.15, -0.1) is 0 Å². The topological polar surface area (TPSA) is 102 Å². The number of fused-ring (bicyclic) bond motifs is 3. The summed E-state index contributed by atoms with van der Waals surface area (Å²) < 4.78 is 44.6. The number of carbonyl (C=O) groups is 1. The molecule has 190 valence electrons. The Hall–Kier alpha value is -3.24. The van der Waals surface area contributed by atoms with Crippen molar-refractivity contribution in [2.45, 2.75) is 57.7 Å². The number of hydrogen-bond donors (Lipinski definition) is 2. The lowest BCUT2D eigenvalue weighted by Crippen LogP contribution is -2.36. The lowest BCUT2D eigenvalue weighted by Gasteiger charge is -2.33. The summed E-state index contributed by atoms with van der Waals surface area (Å²) in [7, 11) is 0.